The maximum atomic E-state index is 11.5. The molecule has 0 aliphatic carbocycles. The summed E-state index contributed by atoms with van der Waals surface area (Å²) in [6, 6.07) is 0. The van der Waals surface area contributed by atoms with Crippen molar-refractivity contribution in [2.75, 3.05) is 19.6 Å². The van der Waals surface area contributed by atoms with Crippen molar-refractivity contribution in [3.63, 3.8) is 0 Å². The SMILES string of the molecule is Cc1noc(C2CCCN(C(=O)CN)CC2)n1. The van der Waals surface area contributed by atoms with Gasteiger partial charge in [0.05, 0.1) is 6.54 Å². The number of likely N-dealkylation sites (tertiary alicyclic amines) is 1. The fourth-order valence-electron chi connectivity index (χ4n) is 2.20. The minimum absolute atomic E-state index is 0.0207. The molecule has 2 N–H and O–H groups in total. The van der Waals surface area contributed by atoms with Crippen molar-refractivity contribution in [2.45, 2.75) is 32.1 Å². The lowest BCUT2D eigenvalue weighted by atomic mass is 10.0. The zero-order chi connectivity index (χ0) is 12.3. The Morgan fingerprint density at radius 2 is 2.35 bits per heavy atom. The van der Waals surface area contributed by atoms with E-state index in [1.807, 2.05) is 11.8 Å². The number of nitrogens with zero attached hydrogens (tertiary/aromatic N) is 3. The smallest absolute Gasteiger partial charge is 0.236 e. The number of amides is 1. The van der Waals surface area contributed by atoms with Crippen LogP contribution in [0.2, 0.25) is 0 Å². The van der Waals surface area contributed by atoms with E-state index in [0.717, 1.165) is 32.4 Å². The first kappa shape index (κ1) is 12.0. The highest BCUT2D eigenvalue weighted by molar-refractivity contribution is 5.78. The summed E-state index contributed by atoms with van der Waals surface area (Å²) in [5.41, 5.74) is 5.37. The van der Waals surface area contributed by atoms with Gasteiger partial charge in [0.2, 0.25) is 11.8 Å². The van der Waals surface area contributed by atoms with Crippen molar-refractivity contribution in [3.05, 3.63) is 11.7 Å². The molecule has 1 atom stereocenters. The van der Waals surface area contributed by atoms with Crippen molar-refractivity contribution in [3.8, 4) is 0 Å². The third-order valence-corrected chi connectivity index (χ3v) is 3.15. The van der Waals surface area contributed by atoms with Gasteiger partial charge < -0.3 is 15.2 Å². The molecule has 1 unspecified atom stereocenters. The van der Waals surface area contributed by atoms with Crippen LogP contribution in [-0.2, 0) is 4.79 Å². The van der Waals surface area contributed by atoms with Gasteiger partial charge in [-0.25, -0.2) is 0 Å². The third-order valence-electron chi connectivity index (χ3n) is 3.15. The lowest BCUT2D eigenvalue weighted by Crippen LogP contribution is -2.36. The normalized spacial score (nSPS) is 21.3. The highest BCUT2D eigenvalue weighted by Crippen LogP contribution is 2.26. The molecular weight excluding hydrogens is 220 g/mol. The Bertz CT molecular complexity index is 391. The molecule has 94 valence electrons. The first-order valence-electron chi connectivity index (χ1n) is 5.98. The summed E-state index contributed by atoms with van der Waals surface area (Å²) in [5, 5.41) is 3.81. The molecular formula is C11H18N4O2. The maximum absolute atomic E-state index is 11.5. The molecule has 6 nitrogen and oxygen atoms in total. The quantitative estimate of drug-likeness (QED) is 0.807. The number of aromatic nitrogens is 2. The largest absolute Gasteiger partial charge is 0.342 e. The molecule has 1 aliphatic rings. The zero-order valence-electron chi connectivity index (χ0n) is 10.1. The van der Waals surface area contributed by atoms with Crippen molar-refractivity contribution in [2.24, 2.45) is 5.73 Å². The summed E-state index contributed by atoms with van der Waals surface area (Å²) < 4.78 is 5.19. The standard InChI is InChI=1S/C11H18N4O2/c1-8-13-11(17-14-8)9-3-2-5-15(6-4-9)10(16)7-12/h9H,2-7,12H2,1H3. The van der Waals surface area contributed by atoms with E-state index in [0.29, 0.717) is 11.7 Å². The molecule has 6 heteroatoms. The van der Waals surface area contributed by atoms with Crippen LogP contribution >= 0.6 is 0 Å². The molecule has 2 heterocycles. The zero-order valence-corrected chi connectivity index (χ0v) is 10.1. The predicted molar refractivity (Wildman–Crippen MR) is 61.3 cm³/mol. The fraction of sp³-hybridized carbons (Fsp3) is 0.727. The second-order valence-corrected chi connectivity index (χ2v) is 4.39. The highest BCUT2D eigenvalue weighted by atomic mass is 16.5. The van der Waals surface area contributed by atoms with Crippen LogP contribution in [0, 0.1) is 6.92 Å². The Balaban J connectivity index is 1.98. The van der Waals surface area contributed by atoms with E-state index >= 15 is 0 Å². The van der Waals surface area contributed by atoms with E-state index in [4.69, 9.17) is 10.3 Å². The van der Waals surface area contributed by atoms with Crippen molar-refractivity contribution < 1.29 is 9.32 Å². The van der Waals surface area contributed by atoms with Gasteiger partial charge in [0.25, 0.3) is 0 Å². The summed E-state index contributed by atoms with van der Waals surface area (Å²) in [5.74, 6) is 1.66. The van der Waals surface area contributed by atoms with E-state index < -0.39 is 0 Å². The summed E-state index contributed by atoms with van der Waals surface area (Å²) in [4.78, 5) is 17.6. The van der Waals surface area contributed by atoms with Gasteiger partial charge >= 0.3 is 0 Å². The molecule has 1 amide bonds. The second kappa shape index (κ2) is 5.27. The fourth-order valence-corrected chi connectivity index (χ4v) is 2.20. The Labute approximate surface area is 100 Å². The number of carbonyl (C=O) groups is 1. The molecule has 1 saturated heterocycles. The Hall–Kier alpha value is -1.43. The van der Waals surface area contributed by atoms with Crippen molar-refractivity contribution in [1.82, 2.24) is 15.0 Å². The van der Waals surface area contributed by atoms with Gasteiger partial charge in [0.15, 0.2) is 5.82 Å². The molecule has 1 aromatic rings. The molecule has 0 radical (unpaired) electrons. The van der Waals surface area contributed by atoms with Crippen LogP contribution in [0.3, 0.4) is 0 Å². The van der Waals surface area contributed by atoms with Crippen LogP contribution in [0.4, 0.5) is 0 Å². The van der Waals surface area contributed by atoms with Gasteiger partial charge in [0.1, 0.15) is 0 Å². The van der Waals surface area contributed by atoms with E-state index in [2.05, 4.69) is 10.1 Å². The maximum Gasteiger partial charge on any atom is 0.236 e. The number of rotatable bonds is 2. The Kier molecular flexibility index (Phi) is 3.73. The average Bonchev–Trinajstić information content (AvgIpc) is 2.63. The number of hydrogen-bond donors (Lipinski definition) is 1. The monoisotopic (exact) mass is 238 g/mol. The van der Waals surface area contributed by atoms with Gasteiger partial charge in [-0.1, -0.05) is 5.16 Å². The van der Waals surface area contributed by atoms with Crippen LogP contribution in [0.5, 0.6) is 0 Å². The molecule has 0 aromatic carbocycles. The molecule has 2 rings (SSSR count). The second-order valence-electron chi connectivity index (χ2n) is 4.39. The topological polar surface area (TPSA) is 85.2 Å². The van der Waals surface area contributed by atoms with Crippen molar-refractivity contribution >= 4 is 5.91 Å². The lowest BCUT2D eigenvalue weighted by molar-refractivity contribution is -0.129. The number of aryl methyl sites for hydroxylation is 1. The first-order chi connectivity index (χ1) is 8.20. The Morgan fingerprint density at radius 3 is 3.00 bits per heavy atom. The highest BCUT2D eigenvalue weighted by Gasteiger charge is 2.24. The van der Waals surface area contributed by atoms with E-state index in [1.54, 1.807) is 0 Å². The molecule has 17 heavy (non-hydrogen) atoms. The van der Waals surface area contributed by atoms with Crippen LogP contribution in [-0.4, -0.2) is 40.6 Å². The molecule has 0 saturated carbocycles. The first-order valence-corrected chi connectivity index (χ1v) is 5.98. The summed E-state index contributed by atoms with van der Waals surface area (Å²) in [6.07, 6.45) is 2.81. The number of carbonyl (C=O) groups excluding carboxylic acids is 1. The van der Waals surface area contributed by atoms with Crippen LogP contribution in [0.15, 0.2) is 4.52 Å². The molecule has 1 aliphatic heterocycles. The average molecular weight is 238 g/mol. The van der Waals surface area contributed by atoms with Crippen LogP contribution < -0.4 is 5.73 Å². The van der Waals surface area contributed by atoms with Gasteiger partial charge in [-0.05, 0) is 26.2 Å². The molecule has 1 fully saturated rings. The van der Waals surface area contributed by atoms with Gasteiger partial charge in [0, 0.05) is 19.0 Å². The van der Waals surface area contributed by atoms with Crippen LogP contribution in [0.25, 0.3) is 0 Å². The van der Waals surface area contributed by atoms with Gasteiger partial charge in [-0.3, -0.25) is 4.79 Å². The minimum atomic E-state index is 0.0207. The van der Waals surface area contributed by atoms with Gasteiger partial charge in [-0.2, -0.15) is 4.98 Å². The molecule has 0 spiro atoms. The molecule has 0 bridgehead atoms. The molecule has 1 aromatic heterocycles. The number of hydrogen-bond acceptors (Lipinski definition) is 5. The van der Waals surface area contributed by atoms with Crippen LogP contribution in [0.1, 0.15) is 36.9 Å². The minimum Gasteiger partial charge on any atom is -0.342 e. The summed E-state index contributed by atoms with van der Waals surface area (Å²) in [6.45, 7) is 3.40. The summed E-state index contributed by atoms with van der Waals surface area (Å²) in [7, 11) is 0. The van der Waals surface area contributed by atoms with E-state index in [9.17, 15) is 4.79 Å². The Morgan fingerprint density at radius 1 is 1.53 bits per heavy atom. The van der Waals surface area contributed by atoms with E-state index in [-0.39, 0.29) is 18.4 Å². The number of nitrogens with two attached hydrogens (primary N) is 1. The van der Waals surface area contributed by atoms with E-state index in [1.165, 1.54) is 0 Å². The van der Waals surface area contributed by atoms with Crippen molar-refractivity contribution in [1.29, 1.82) is 0 Å². The van der Waals surface area contributed by atoms with Gasteiger partial charge in [-0.15, -0.1) is 0 Å². The predicted octanol–water partition coefficient (Wildman–Crippen LogP) is 0.433. The lowest BCUT2D eigenvalue weighted by Gasteiger charge is -2.19. The summed E-state index contributed by atoms with van der Waals surface area (Å²) >= 11 is 0. The third kappa shape index (κ3) is 2.82.